The summed E-state index contributed by atoms with van der Waals surface area (Å²) in [4.78, 5) is 47.0. The minimum Gasteiger partial charge on any atom is -0.324 e. The van der Waals surface area contributed by atoms with Gasteiger partial charge in [-0.05, 0) is 6.07 Å². The molecule has 9 heteroatoms. The van der Waals surface area contributed by atoms with Gasteiger partial charge < -0.3 is 10.2 Å². The second-order valence-electron chi connectivity index (χ2n) is 4.47. The molecule has 1 aliphatic rings. The van der Waals surface area contributed by atoms with Crippen LogP contribution < -0.4 is 5.32 Å². The molecular weight excluding hydrogens is 280 g/mol. The largest absolute Gasteiger partial charge is 0.327 e. The van der Waals surface area contributed by atoms with Crippen molar-refractivity contribution in [3.05, 3.63) is 34.4 Å². The molecule has 0 aromatic heterocycles. The highest BCUT2D eigenvalue weighted by Gasteiger charge is 2.34. The average Bonchev–Trinajstić information content (AvgIpc) is 2.65. The Morgan fingerprint density at radius 3 is 2.71 bits per heavy atom. The molecule has 1 aromatic carbocycles. The fourth-order valence-electron chi connectivity index (χ4n) is 1.87. The van der Waals surface area contributed by atoms with Gasteiger partial charge in [-0.15, -0.1) is 0 Å². The van der Waals surface area contributed by atoms with E-state index in [-0.39, 0.29) is 17.9 Å². The molecule has 0 spiro atoms. The molecule has 0 unspecified atom stereocenters. The fourth-order valence-corrected chi connectivity index (χ4v) is 1.87. The third-order valence-electron chi connectivity index (χ3n) is 2.87. The Kier molecular flexibility index (Phi) is 3.83. The number of nitrogens with zero attached hydrogens (tertiary/aromatic N) is 3. The first-order chi connectivity index (χ1) is 9.88. The molecule has 0 bridgehead atoms. The van der Waals surface area contributed by atoms with Gasteiger partial charge in [0, 0.05) is 24.9 Å². The Balaban J connectivity index is 2.02. The molecule has 4 amide bonds. The molecule has 21 heavy (non-hydrogen) atoms. The van der Waals surface area contributed by atoms with Crippen molar-refractivity contribution in [1.82, 2.24) is 9.80 Å². The lowest BCUT2D eigenvalue weighted by Crippen LogP contribution is -2.38. The molecular formula is C12H12N4O5. The van der Waals surface area contributed by atoms with E-state index in [4.69, 9.17) is 0 Å². The van der Waals surface area contributed by atoms with Gasteiger partial charge in [0.05, 0.1) is 4.92 Å². The molecule has 1 saturated heterocycles. The molecule has 1 aliphatic heterocycles. The van der Waals surface area contributed by atoms with Gasteiger partial charge in [-0.2, -0.15) is 0 Å². The molecule has 9 nitrogen and oxygen atoms in total. The molecule has 1 heterocycles. The highest BCUT2D eigenvalue weighted by atomic mass is 16.6. The number of imide groups is 1. The van der Waals surface area contributed by atoms with Crippen LogP contribution in [0.2, 0.25) is 0 Å². The van der Waals surface area contributed by atoms with Gasteiger partial charge in [-0.3, -0.25) is 24.6 Å². The second kappa shape index (κ2) is 5.57. The van der Waals surface area contributed by atoms with Crippen molar-refractivity contribution in [2.75, 3.05) is 25.5 Å². The average molecular weight is 292 g/mol. The van der Waals surface area contributed by atoms with E-state index in [9.17, 15) is 24.5 Å². The third kappa shape index (κ3) is 3.14. The number of amides is 4. The van der Waals surface area contributed by atoms with Crippen LogP contribution in [0.25, 0.3) is 0 Å². The molecule has 1 fully saturated rings. The van der Waals surface area contributed by atoms with E-state index < -0.39 is 29.3 Å². The Morgan fingerprint density at radius 2 is 2.14 bits per heavy atom. The van der Waals surface area contributed by atoms with Crippen LogP contribution in [-0.2, 0) is 9.59 Å². The minimum atomic E-state index is -0.604. The maximum absolute atomic E-state index is 11.8. The van der Waals surface area contributed by atoms with Crippen LogP contribution in [0.1, 0.15) is 0 Å². The standard InChI is InChI=1S/C12H12N4O5/c1-14-7-11(18)15(12(14)19)6-10(17)13-8-3-2-4-9(5-8)16(20)21/h2-5H,6-7H2,1H3,(H,13,17). The van der Waals surface area contributed by atoms with Crippen LogP contribution in [0, 0.1) is 10.1 Å². The number of nitro benzene ring substituents is 1. The maximum atomic E-state index is 11.8. The zero-order valence-electron chi connectivity index (χ0n) is 11.1. The summed E-state index contributed by atoms with van der Waals surface area (Å²) < 4.78 is 0. The lowest BCUT2D eigenvalue weighted by Gasteiger charge is -2.13. The van der Waals surface area contributed by atoms with Gasteiger partial charge in [0.1, 0.15) is 13.1 Å². The topological polar surface area (TPSA) is 113 Å². The number of rotatable bonds is 4. The normalized spacial score (nSPS) is 14.5. The van der Waals surface area contributed by atoms with Crippen molar-refractivity contribution in [3.63, 3.8) is 0 Å². The predicted molar refractivity (Wildman–Crippen MR) is 71.5 cm³/mol. The highest BCUT2D eigenvalue weighted by Crippen LogP contribution is 2.17. The predicted octanol–water partition coefficient (Wildman–Crippen LogP) is 0.427. The fraction of sp³-hybridized carbons (Fsp3) is 0.250. The molecule has 0 saturated carbocycles. The quantitative estimate of drug-likeness (QED) is 0.491. The van der Waals surface area contributed by atoms with Crippen molar-refractivity contribution < 1.29 is 19.3 Å². The van der Waals surface area contributed by atoms with E-state index in [2.05, 4.69) is 5.32 Å². The number of carbonyl (C=O) groups is 3. The van der Waals surface area contributed by atoms with E-state index in [1.165, 1.54) is 36.2 Å². The molecule has 0 atom stereocenters. The Morgan fingerprint density at radius 1 is 1.43 bits per heavy atom. The summed E-state index contributed by atoms with van der Waals surface area (Å²) in [5.41, 5.74) is 0.0579. The first kappa shape index (κ1) is 14.4. The smallest absolute Gasteiger partial charge is 0.324 e. The van der Waals surface area contributed by atoms with Crippen LogP contribution >= 0.6 is 0 Å². The zero-order chi connectivity index (χ0) is 15.6. The summed E-state index contributed by atoms with van der Waals surface area (Å²) in [7, 11) is 1.46. The van der Waals surface area contributed by atoms with Crippen LogP contribution in [0.5, 0.6) is 0 Å². The van der Waals surface area contributed by atoms with E-state index in [1.807, 2.05) is 0 Å². The SMILES string of the molecule is CN1CC(=O)N(CC(=O)Nc2cccc([N+](=O)[O-])c2)C1=O. The molecule has 1 aromatic rings. The van der Waals surface area contributed by atoms with Gasteiger partial charge in [-0.25, -0.2) is 4.79 Å². The maximum Gasteiger partial charge on any atom is 0.327 e. The Hall–Kier alpha value is -2.97. The highest BCUT2D eigenvalue weighted by molar-refractivity contribution is 6.06. The molecule has 1 N–H and O–H groups in total. The van der Waals surface area contributed by atoms with Crippen molar-refractivity contribution >= 4 is 29.2 Å². The number of hydrogen-bond acceptors (Lipinski definition) is 5. The van der Waals surface area contributed by atoms with Crippen molar-refractivity contribution in [2.45, 2.75) is 0 Å². The van der Waals surface area contributed by atoms with Crippen molar-refractivity contribution in [1.29, 1.82) is 0 Å². The van der Waals surface area contributed by atoms with Crippen molar-refractivity contribution in [3.8, 4) is 0 Å². The van der Waals surface area contributed by atoms with Gasteiger partial charge in [0.25, 0.3) is 11.6 Å². The van der Waals surface area contributed by atoms with Crippen molar-refractivity contribution in [2.24, 2.45) is 0 Å². The van der Waals surface area contributed by atoms with Crippen LogP contribution in [0.4, 0.5) is 16.2 Å². The number of nitrogens with one attached hydrogen (secondary N) is 1. The van der Waals surface area contributed by atoms with Gasteiger partial charge in [0.15, 0.2) is 0 Å². The van der Waals surface area contributed by atoms with Gasteiger partial charge in [0.2, 0.25) is 5.91 Å². The Bertz CT molecular complexity index is 630. The van der Waals surface area contributed by atoms with Crippen LogP contribution in [0.15, 0.2) is 24.3 Å². The molecule has 0 radical (unpaired) electrons. The minimum absolute atomic E-state index is 0.0665. The summed E-state index contributed by atoms with van der Waals surface area (Å²) in [6, 6.07) is 4.84. The lowest BCUT2D eigenvalue weighted by atomic mass is 10.3. The summed E-state index contributed by atoms with van der Waals surface area (Å²) in [5, 5.41) is 13.0. The van der Waals surface area contributed by atoms with E-state index in [0.29, 0.717) is 0 Å². The molecule has 2 rings (SSSR count). The number of anilines is 1. The van der Waals surface area contributed by atoms with Crippen LogP contribution in [0.3, 0.4) is 0 Å². The summed E-state index contributed by atoms with van der Waals surface area (Å²) >= 11 is 0. The number of non-ortho nitro benzene ring substituents is 1. The van der Waals surface area contributed by atoms with E-state index in [1.54, 1.807) is 0 Å². The molecule has 0 aliphatic carbocycles. The van der Waals surface area contributed by atoms with E-state index >= 15 is 0 Å². The first-order valence-electron chi connectivity index (χ1n) is 5.98. The number of benzene rings is 1. The Labute approximate surface area is 119 Å². The number of hydrogen-bond donors (Lipinski definition) is 1. The lowest BCUT2D eigenvalue weighted by molar-refractivity contribution is -0.384. The second-order valence-corrected chi connectivity index (χ2v) is 4.47. The monoisotopic (exact) mass is 292 g/mol. The summed E-state index contributed by atoms with van der Waals surface area (Å²) in [6.45, 7) is -0.492. The van der Waals surface area contributed by atoms with Gasteiger partial charge >= 0.3 is 6.03 Å². The van der Waals surface area contributed by atoms with Gasteiger partial charge in [-0.1, -0.05) is 6.07 Å². The number of nitro groups is 1. The van der Waals surface area contributed by atoms with Crippen LogP contribution in [-0.4, -0.2) is 52.7 Å². The number of carbonyl (C=O) groups excluding carboxylic acids is 3. The molecule has 110 valence electrons. The summed E-state index contributed by atoms with van der Waals surface area (Å²) in [6.07, 6.45) is 0. The van der Waals surface area contributed by atoms with E-state index in [0.717, 1.165) is 4.90 Å². The summed E-state index contributed by atoms with van der Waals surface area (Å²) in [5.74, 6) is -1.07. The number of urea groups is 1. The first-order valence-corrected chi connectivity index (χ1v) is 5.98. The number of likely N-dealkylation sites (N-methyl/N-ethyl adjacent to an activating group) is 1. The zero-order valence-corrected chi connectivity index (χ0v) is 11.1. The third-order valence-corrected chi connectivity index (χ3v) is 2.87.